The Morgan fingerprint density at radius 2 is 1.91 bits per heavy atom. The third-order valence-corrected chi connectivity index (χ3v) is 4.99. The van der Waals surface area contributed by atoms with Crippen molar-refractivity contribution in [1.82, 2.24) is 19.6 Å². The molecule has 0 fully saturated rings. The molecule has 0 N–H and O–H groups in total. The van der Waals surface area contributed by atoms with Crippen molar-refractivity contribution in [3.63, 3.8) is 0 Å². The fourth-order valence-corrected chi connectivity index (χ4v) is 3.60. The highest BCUT2D eigenvalue weighted by Gasteiger charge is 2.17. The van der Waals surface area contributed by atoms with Crippen LogP contribution in [-0.4, -0.2) is 33.7 Å². The second-order valence-corrected chi connectivity index (χ2v) is 7.00. The lowest BCUT2D eigenvalue weighted by Crippen LogP contribution is -2.18. The summed E-state index contributed by atoms with van der Waals surface area (Å²) >= 11 is 6.40. The Balaban J connectivity index is 1.71. The van der Waals surface area contributed by atoms with Gasteiger partial charge in [0.25, 0.3) is 0 Å². The van der Waals surface area contributed by atoms with Gasteiger partial charge in [-0.1, -0.05) is 36.7 Å². The lowest BCUT2D eigenvalue weighted by atomic mass is 10.1. The Bertz CT molecular complexity index is 707. The van der Waals surface area contributed by atoms with E-state index in [0.717, 1.165) is 49.0 Å². The van der Waals surface area contributed by atoms with Gasteiger partial charge in [0.05, 0.1) is 5.69 Å². The summed E-state index contributed by atoms with van der Waals surface area (Å²) in [5.41, 5.74) is 6.54. The lowest BCUT2D eigenvalue weighted by Gasteiger charge is -2.17. The van der Waals surface area contributed by atoms with Crippen LogP contribution < -0.4 is 0 Å². The molecular formula is C18H25ClN4. The van der Waals surface area contributed by atoms with Gasteiger partial charge in [0.2, 0.25) is 0 Å². The fraction of sp³-hybridized carbons (Fsp3) is 0.500. The molecule has 1 aromatic carbocycles. The molecule has 5 heteroatoms. The van der Waals surface area contributed by atoms with Crippen molar-refractivity contribution >= 4 is 11.6 Å². The molecule has 0 saturated carbocycles. The molecule has 0 atom stereocenters. The van der Waals surface area contributed by atoms with Gasteiger partial charge in [-0.05, 0) is 37.2 Å². The molecule has 0 unspecified atom stereocenters. The van der Waals surface area contributed by atoms with E-state index >= 15 is 0 Å². The molecule has 2 heterocycles. The Labute approximate surface area is 143 Å². The maximum absolute atomic E-state index is 6.40. The molecule has 0 radical (unpaired) electrons. The molecule has 124 valence electrons. The molecule has 2 aromatic rings. The summed E-state index contributed by atoms with van der Waals surface area (Å²) in [7, 11) is 6.21. The second-order valence-electron chi connectivity index (χ2n) is 6.64. The molecule has 1 aliphatic heterocycles. The first-order valence-corrected chi connectivity index (χ1v) is 8.53. The number of aromatic nitrogens is 2. The average Bonchev–Trinajstić information content (AvgIpc) is 3.00. The minimum absolute atomic E-state index is 0.754. The molecule has 4 nitrogen and oxygen atoms in total. The minimum Gasteiger partial charge on any atom is -0.298 e. The van der Waals surface area contributed by atoms with Crippen LogP contribution in [0.5, 0.6) is 0 Å². The normalized spacial score (nSPS) is 14.7. The van der Waals surface area contributed by atoms with Crippen LogP contribution in [0.3, 0.4) is 0 Å². The molecular weight excluding hydrogens is 308 g/mol. The summed E-state index contributed by atoms with van der Waals surface area (Å²) in [4.78, 5) is 4.66. The highest BCUT2D eigenvalue weighted by molar-refractivity contribution is 6.30. The average molecular weight is 333 g/mol. The number of benzene rings is 1. The van der Waals surface area contributed by atoms with E-state index in [2.05, 4.69) is 54.1 Å². The lowest BCUT2D eigenvalue weighted by molar-refractivity contribution is 0.318. The van der Waals surface area contributed by atoms with Crippen LogP contribution in [-0.2, 0) is 39.6 Å². The van der Waals surface area contributed by atoms with Gasteiger partial charge in [-0.3, -0.25) is 14.5 Å². The third-order valence-electron chi connectivity index (χ3n) is 4.52. The molecule has 1 aromatic heterocycles. The van der Waals surface area contributed by atoms with Gasteiger partial charge < -0.3 is 0 Å². The van der Waals surface area contributed by atoms with Crippen LogP contribution in [0.2, 0.25) is 5.15 Å². The molecule has 0 spiro atoms. The van der Waals surface area contributed by atoms with Crippen LogP contribution in [0.25, 0.3) is 0 Å². The first kappa shape index (κ1) is 16.5. The van der Waals surface area contributed by atoms with Crippen molar-refractivity contribution in [2.24, 2.45) is 7.05 Å². The Morgan fingerprint density at radius 3 is 2.65 bits per heavy atom. The van der Waals surface area contributed by atoms with E-state index in [0.29, 0.717) is 0 Å². The summed E-state index contributed by atoms with van der Waals surface area (Å²) in [6, 6.07) is 6.87. The zero-order valence-electron chi connectivity index (χ0n) is 14.4. The highest BCUT2D eigenvalue weighted by Crippen LogP contribution is 2.24. The van der Waals surface area contributed by atoms with E-state index in [1.54, 1.807) is 4.68 Å². The maximum atomic E-state index is 6.40. The first-order valence-electron chi connectivity index (χ1n) is 8.16. The number of aryl methyl sites for hydroxylation is 2. The Kier molecular flexibility index (Phi) is 4.76. The zero-order valence-corrected chi connectivity index (χ0v) is 15.2. The minimum atomic E-state index is 0.754. The maximum Gasteiger partial charge on any atom is 0.131 e. The molecule has 0 bridgehead atoms. The van der Waals surface area contributed by atoms with E-state index < -0.39 is 0 Å². The summed E-state index contributed by atoms with van der Waals surface area (Å²) in [6.45, 7) is 6.00. The number of rotatable bonds is 5. The highest BCUT2D eigenvalue weighted by atomic mass is 35.5. The summed E-state index contributed by atoms with van der Waals surface area (Å²) in [5, 5.41) is 5.25. The van der Waals surface area contributed by atoms with Crippen molar-refractivity contribution in [3.05, 3.63) is 51.3 Å². The predicted molar refractivity (Wildman–Crippen MR) is 94.4 cm³/mol. The van der Waals surface area contributed by atoms with Crippen molar-refractivity contribution in [3.8, 4) is 0 Å². The SMILES string of the molecule is CCc1nn(C)c(Cl)c1CN(C)Cc1ccc2c(c1)CN(C)C2. The van der Waals surface area contributed by atoms with Crippen LogP contribution in [0.4, 0.5) is 0 Å². The van der Waals surface area contributed by atoms with Crippen LogP contribution in [0.15, 0.2) is 18.2 Å². The van der Waals surface area contributed by atoms with E-state index in [-0.39, 0.29) is 0 Å². The van der Waals surface area contributed by atoms with Crippen molar-refractivity contribution in [2.45, 2.75) is 39.5 Å². The molecule has 23 heavy (non-hydrogen) atoms. The van der Waals surface area contributed by atoms with Gasteiger partial charge >= 0.3 is 0 Å². The smallest absolute Gasteiger partial charge is 0.131 e. The number of hydrogen-bond acceptors (Lipinski definition) is 3. The predicted octanol–water partition coefficient (Wildman–Crippen LogP) is 3.21. The van der Waals surface area contributed by atoms with Crippen LogP contribution in [0.1, 0.15) is 34.9 Å². The Morgan fingerprint density at radius 1 is 1.17 bits per heavy atom. The van der Waals surface area contributed by atoms with Gasteiger partial charge in [0, 0.05) is 38.8 Å². The fourth-order valence-electron chi connectivity index (χ4n) is 3.39. The molecule has 0 amide bonds. The molecule has 0 aliphatic carbocycles. The van der Waals surface area contributed by atoms with Crippen molar-refractivity contribution < 1.29 is 0 Å². The molecule has 0 saturated heterocycles. The van der Waals surface area contributed by atoms with Crippen LogP contribution >= 0.6 is 11.6 Å². The van der Waals surface area contributed by atoms with E-state index in [1.807, 2.05) is 7.05 Å². The first-order chi connectivity index (χ1) is 11.0. The number of nitrogens with zero attached hydrogens (tertiary/aromatic N) is 4. The van der Waals surface area contributed by atoms with Crippen LogP contribution in [0, 0.1) is 0 Å². The van der Waals surface area contributed by atoms with Crippen molar-refractivity contribution in [2.75, 3.05) is 14.1 Å². The monoisotopic (exact) mass is 332 g/mol. The number of hydrogen-bond donors (Lipinski definition) is 0. The van der Waals surface area contributed by atoms with Crippen molar-refractivity contribution in [1.29, 1.82) is 0 Å². The summed E-state index contributed by atoms with van der Waals surface area (Å²) < 4.78 is 1.77. The van der Waals surface area contributed by atoms with Gasteiger partial charge in [-0.15, -0.1) is 0 Å². The third kappa shape index (κ3) is 3.44. The standard InChI is InChI=1S/C18H25ClN4/c1-5-17-16(18(19)23(4)20-17)12-21(2)9-13-6-7-14-10-22(3)11-15(14)8-13/h6-8H,5,9-12H2,1-4H3. The molecule has 3 rings (SSSR count). The Hall–Kier alpha value is -1.36. The largest absolute Gasteiger partial charge is 0.298 e. The zero-order chi connectivity index (χ0) is 16.6. The van der Waals surface area contributed by atoms with Gasteiger partial charge in [-0.25, -0.2) is 0 Å². The molecule has 1 aliphatic rings. The van der Waals surface area contributed by atoms with Gasteiger partial charge in [0.15, 0.2) is 0 Å². The van der Waals surface area contributed by atoms with E-state index in [1.165, 1.54) is 16.7 Å². The topological polar surface area (TPSA) is 24.3 Å². The second kappa shape index (κ2) is 6.63. The van der Waals surface area contributed by atoms with Gasteiger partial charge in [0.1, 0.15) is 5.15 Å². The number of halogens is 1. The van der Waals surface area contributed by atoms with Gasteiger partial charge in [-0.2, -0.15) is 5.10 Å². The summed E-state index contributed by atoms with van der Waals surface area (Å²) in [6.07, 6.45) is 0.912. The quantitative estimate of drug-likeness (QED) is 0.840. The summed E-state index contributed by atoms with van der Waals surface area (Å²) in [5.74, 6) is 0. The van der Waals surface area contributed by atoms with E-state index in [9.17, 15) is 0 Å². The van der Waals surface area contributed by atoms with E-state index in [4.69, 9.17) is 11.6 Å². The number of fused-ring (bicyclic) bond motifs is 1.